The van der Waals surface area contributed by atoms with Crippen LogP contribution >= 0.6 is 0 Å². The number of oxime groups is 1. The monoisotopic (exact) mass is 205 g/mol. The minimum atomic E-state index is 0.664. The van der Waals surface area contributed by atoms with Crippen LogP contribution < -0.4 is 5.32 Å². The fraction of sp³-hybridized carbons (Fsp3) is 0.364. The van der Waals surface area contributed by atoms with E-state index in [4.69, 9.17) is 5.21 Å². The lowest BCUT2D eigenvalue weighted by atomic mass is 10.2. The molecule has 1 aromatic carbocycles. The molecular weight excluding hydrogens is 190 g/mol. The summed E-state index contributed by atoms with van der Waals surface area (Å²) >= 11 is 0. The van der Waals surface area contributed by atoms with Crippen LogP contribution in [0.2, 0.25) is 0 Å². The Bertz CT molecular complexity index is 331. The summed E-state index contributed by atoms with van der Waals surface area (Å²) in [6.07, 6.45) is 0. The summed E-state index contributed by atoms with van der Waals surface area (Å²) in [7, 11) is 0. The zero-order valence-corrected chi connectivity index (χ0v) is 8.56. The molecule has 0 aliphatic carbocycles. The lowest BCUT2D eigenvalue weighted by Gasteiger charge is -2.29. The van der Waals surface area contributed by atoms with Gasteiger partial charge in [-0.05, 0) is 0 Å². The van der Waals surface area contributed by atoms with Crippen LogP contribution in [0.15, 0.2) is 35.5 Å². The van der Waals surface area contributed by atoms with Gasteiger partial charge in [0, 0.05) is 31.7 Å². The number of piperazine rings is 1. The highest BCUT2D eigenvalue weighted by Crippen LogP contribution is 2.06. The lowest BCUT2D eigenvalue weighted by Crippen LogP contribution is -2.46. The van der Waals surface area contributed by atoms with Crippen molar-refractivity contribution in [2.75, 3.05) is 26.2 Å². The largest absolute Gasteiger partial charge is 0.409 e. The molecule has 4 heteroatoms. The van der Waals surface area contributed by atoms with Crippen molar-refractivity contribution >= 4 is 5.84 Å². The fourth-order valence-electron chi connectivity index (χ4n) is 1.77. The number of hydrogen-bond donors (Lipinski definition) is 2. The Morgan fingerprint density at radius 1 is 1.20 bits per heavy atom. The molecule has 15 heavy (non-hydrogen) atoms. The highest BCUT2D eigenvalue weighted by molar-refractivity contribution is 5.98. The summed E-state index contributed by atoms with van der Waals surface area (Å²) in [6.45, 7) is 3.64. The van der Waals surface area contributed by atoms with Crippen LogP contribution in [0.3, 0.4) is 0 Å². The minimum Gasteiger partial charge on any atom is -0.409 e. The zero-order valence-electron chi connectivity index (χ0n) is 8.56. The second-order valence-electron chi connectivity index (χ2n) is 3.53. The fourth-order valence-corrected chi connectivity index (χ4v) is 1.77. The maximum Gasteiger partial charge on any atom is 0.175 e. The van der Waals surface area contributed by atoms with E-state index >= 15 is 0 Å². The van der Waals surface area contributed by atoms with E-state index in [-0.39, 0.29) is 0 Å². The Hall–Kier alpha value is -1.55. The molecule has 1 aliphatic heterocycles. The first-order valence-corrected chi connectivity index (χ1v) is 5.15. The van der Waals surface area contributed by atoms with E-state index in [0.717, 1.165) is 31.7 Å². The Kier molecular flexibility index (Phi) is 3.19. The molecule has 1 heterocycles. The predicted molar refractivity (Wildman–Crippen MR) is 59.2 cm³/mol. The smallest absolute Gasteiger partial charge is 0.175 e. The molecule has 2 N–H and O–H groups in total. The number of benzene rings is 1. The van der Waals surface area contributed by atoms with E-state index in [0.29, 0.717) is 5.84 Å². The van der Waals surface area contributed by atoms with Crippen molar-refractivity contribution in [3.05, 3.63) is 35.9 Å². The summed E-state index contributed by atoms with van der Waals surface area (Å²) in [5.74, 6) is 0.664. The van der Waals surface area contributed by atoms with Gasteiger partial charge in [-0.3, -0.25) is 0 Å². The molecule has 0 saturated carbocycles. The summed E-state index contributed by atoms with van der Waals surface area (Å²) in [4.78, 5) is 2.09. The zero-order chi connectivity index (χ0) is 10.5. The van der Waals surface area contributed by atoms with Crippen molar-refractivity contribution in [3.8, 4) is 0 Å². The van der Waals surface area contributed by atoms with Crippen LogP contribution in [0.4, 0.5) is 0 Å². The second kappa shape index (κ2) is 4.79. The molecule has 0 atom stereocenters. The molecule has 0 aromatic heterocycles. The van der Waals surface area contributed by atoms with Gasteiger partial charge in [0.15, 0.2) is 5.84 Å². The number of hydrogen-bond acceptors (Lipinski definition) is 3. The molecule has 80 valence electrons. The summed E-state index contributed by atoms with van der Waals surface area (Å²) < 4.78 is 0. The van der Waals surface area contributed by atoms with E-state index in [9.17, 15) is 0 Å². The number of nitrogens with one attached hydrogen (secondary N) is 1. The molecule has 0 unspecified atom stereocenters. The van der Waals surface area contributed by atoms with E-state index in [2.05, 4.69) is 15.4 Å². The van der Waals surface area contributed by atoms with Crippen molar-refractivity contribution in [3.63, 3.8) is 0 Å². The van der Waals surface area contributed by atoms with E-state index in [1.807, 2.05) is 30.3 Å². The van der Waals surface area contributed by atoms with Gasteiger partial charge in [0.05, 0.1) is 0 Å². The predicted octanol–water partition coefficient (Wildman–Crippen LogP) is 0.728. The second-order valence-corrected chi connectivity index (χ2v) is 3.53. The van der Waals surface area contributed by atoms with Gasteiger partial charge in [0.1, 0.15) is 0 Å². The Morgan fingerprint density at radius 2 is 1.87 bits per heavy atom. The van der Waals surface area contributed by atoms with E-state index in [1.54, 1.807) is 0 Å². The maximum atomic E-state index is 9.06. The third-order valence-electron chi connectivity index (χ3n) is 2.54. The number of nitrogens with zero attached hydrogens (tertiary/aromatic N) is 2. The third kappa shape index (κ3) is 2.27. The van der Waals surface area contributed by atoms with E-state index in [1.165, 1.54) is 0 Å². The first kappa shape index (κ1) is 9.98. The molecule has 0 bridgehead atoms. The standard InChI is InChI=1S/C11H15N3O/c15-13-11(10-4-2-1-3-5-10)14-8-6-12-7-9-14/h1-5,12,15H,6-9H2. The Labute approximate surface area is 89.2 Å². The van der Waals surface area contributed by atoms with Gasteiger partial charge in [-0.2, -0.15) is 0 Å². The van der Waals surface area contributed by atoms with Gasteiger partial charge >= 0.3 is 0 Å². The maximum absolute atomic E-state index is 9.06. The minimum absolute atomic E-state index is 0.664. The van der Waals surface area contributed by atoms with Crippen molar-refractivity contribution in [1.29, 1.82) is 0 Å². The van der Waals surface area contributed by atoms with Crippen LogP contribution in [-0.4, -0.2) is 42.1 Å². The molecule has 2 rings (SSSR count). The van der Waals surface area contributed by atoms with Gasteiger partial charge in [0.2, 0.25) is 0 Å². The lowest BCUT2D eigenvalue weighted by molar-refractivity contribution is 0.290. The van der Waals surface area contributed by atoms with Gasteiger partial charge in [-0.15, -0.1) is 0 Å². The van der Waals surface area contributed by atoms with Crippen LogP contribution in [0, 0.1) is 0 Å². The summed E-state index contributed by atoms with van der Waals surface area (Å²) in [5, 5.41) is 15.7. The Balaban J connectivity index is 2.17. The highest BCUT2D eigenvalue weighted by atomic mass is 16.4. The van der Waals surface area contributed by atoms with Crippen molar-refractivity contribution < 1.29 is 5.21 Å². The average molecular weight is 205 g/mol. The molecule has 1 saturated heterocycles. The van der Waals surface area contributed by atoms with Gasteiger partial charge in [-0.1, -0.05) is 35.5 Å². The van der Waals surface area contributed by atoms with Gasteiger partial charge < -0.3 is 15.4 Å². The highest BCUT2D eigenvalue weighted by Gasteiger charge is 2.16. The van der Waals surface area contributed by atoms with Crippen molar-refractivity contribution in [2.45, 2.75) is 0 Å². The molecule has 0 radical (unpaired) electrons. The molecule has 0 spiro atoms. The molecule has 4 nitrogen and oxygen atoms in total. The molecule has 0 amide bonds. The van der Waals surface area contributed by atoms with Crippen LogP contribution in [-0.2, 0) is 0 Å². The Morgan fingerprint density at radius 3 is 2.47 bits per heavy atom. The van der Waals surface area contributed by atoms with Crippen molar-refractivity contribution in [2.24, 2.45) is 5.16 Å². The molecule has 1 aliphatic rings. The topological polar surface area (TPSA) is 47.9 Å². The average Bonchev–Trinajstić information content (AvgIpc) is 2.33. The SMILES string of the molecule is ON=C(c1ccccc1)N1CCNCC1. The van der Waals surface area contributed by atoms with Crippen molar-refractivity contribution in [1.82, 2.24) is 10.2 Å². The molecule has 1 aromatic rings. The first-order valence-electron chi connectivity index (χ1n) is 5.15. The van der Waals surface area contributed by atoms with Crippen LogP contribution in [0.5, 0.6) is 0 Å². The molecular formula is C11H15N3O. The van der Waals surface area contributed by atoms with Crippen LogP contribution in [0.1, 0.15) is 5.56 Å². The van der Waals surface area contributed by atoms with E-state index < -0.39 is 0 Å². The summed E-state index contributed by atoms with van der Waals surface area (Å²) in [6, 6.07) is 9.76. The van der Waals surface area contributed by atoms with Gasteiger partial charge in [0.25, 0.3) is 0 Å². The number of rotatable bonds is 1. The summed E-state index contributed by atoms with van der Waals surface area (Å²) in [5.41, 5.74) is 0.960. The van der Waals surface area contributed by atoms with Gasteiger partial charge in [-0.25, -0.2) is 0 Å². The molecule has 1 fully saturated rings. The quantitative estimate of drug-likeness (QED) is 0.307. The first-order chi connectivity index (χ1) is 7.42. The van der Waals surface area contributed by atoms with Crippen LogP contribution in [0.25, 0.3) is 0 Å². The third-order valence-corrected chi connectivity index (χ3v) is 2.54. The normalized spacial score (nSPS) is 17.9. The number of amidine groups is 1.